The van der Waals surface area contributed by atoms with Gasteiger partial charge in [0.2, 0.25) is 4.96 Å². The summed E-state index contributed by atoms with van der Waals surface area (Å²) in [5, 5.41) is 8.42. The van der Waals surface area contributed by atoms with Crippen molar-refractivity contribution in [3.8, 4) is 17.1 Å². The van der Waals surface area contributed by atoms with Crippen molar-refractivity contribution in [3.63, 3.8) is 0 Å². The summed E-state index contributed by atoms with van der Waals surface area (Å²) in [6.07, 6.45) is 1.88. The van der Waals surface area contributed by atoms with E-state index in [-0.39, 0.29) is 5.56 Å². The highest BCUT2D eigenvalue weighted by Crippen LogP contribution is 2.19. The maximum Gasteiger partial charge on any atom is 0.276 e. The van der Waals surface area contributed by atoms with E-state index in [1.165, 1.54) is 16.9 Å². The van der Waals surface area contributed by atoms with E-state index in [9.17, 15) is 4.79 Å². The van der Waals surface area contributed by atoms with Gasteiger partial charge < -0.3 is 4.74 Å². The van der Waals surface area contributed by atoms with Crippen LogP contribution in [0.15, 0.2) is 77.6 Å². The lowest BCUT2D eigenvalue weighted by atomic mass is 10.1. The van der Waals surface area contributed by atoms with Gasteiger partial charge in [0.15, 0.2) is 5.82 Å². The van der Waals surface area contributed by atoms with E-state index in [0.29, 0.717) is 21.9 Å². The van der Waals surface area contributed by atoms with Gasteiger partial charge in [-0.15, -0.1) is 10.2 Å². The highest BCUT2D eigenvalue weighted by Gasteiger charge is 2.14. The van der Waals surface area contributed by atoms with E-state index in [1.54, 1.807) is 4.40 Å². The van der Waals surface area contributed by atoms with E-state index in [4.69, 9.17) is 4.74 Å². The number of nitrogens with zero attached hydrogens (tertiary/aromatic N) is 3. The second kappa shape index (κ2) is 8.40. The van der Waals surface area contributed by atoms with Gasteiger partial charge in [0.05, 0.1) is 4.53 Å². The molecule has 0 N–H and O–H groups in total. The molecule has 0 fully saturated rings. The van der Waals surface area contributed by atoms with Crippen molar-refractivity contribution in [1.29, 1.82) is 0 Å². The molecular formula is C26H21N3O2S. The number of thiazole rings is 1. The Labute approximate surface area is 189 Å². The summed E-state index contributed by atoms with van der Waals surface area (Å²) in [4.78, 5) is 13.6. The molecule has 0 unspecified atom stereocenters. The van der Waals surface area contributed by atoms with Gasteiger partial charge in [-0.1, -0.05) is 83.1 Å². The Hall–Kier alpha value is -3.77. The summed E-state index contributed by atoms with van der Waals surface area (Å²) in [6, 6.07) is 24.0. The van der Waals surface area contributed by atoms with Crippen molar-refractivity contribution in [2.45, 2.75) is 20.5 Å². The Bertz CT molecular complexity index is 1480. The minimum Gasteiger partial charge on any atom is -0.489 e. The van der Waals surface area contributed by atoms with Crippen molar-refractivity contribution in [2.24, 2.45) is 0 Å². The van der Waals surface area contributed by atoms with Crippen molar-refractivity contribution >= 4 is 22.4 Å². The standard InChI is InChI=1S/C26H21N3O2S/c1-17-3-7-20(8-4-17)16-31-22-13-9-19(10-14-22)15-23-25(30)29-24(27-28-26(29)32-23)21-11-5-18(2)6-12-21/h3-15H,16H2,1-2H3/b23-15+. The highest BCUT2D eigenvalue weighted by atomic mass is 32.1. The maximum atomic E-state index is 13.0. The third-order valence-corrected chi connectivity index (χ3v) is 6.22. The van der Waals surface area contributed by atoms with E-state index in [2.05, 4.69) is 41.4 Å². The Balaban J connectivity index is 1.39. The number of fused-ring (bicyclic) bond motifs is 1. The molecule has 5 nitrogen and oxygen atoms in total. The first kappa shape index (κ1) is 20.2. The third-order valence-electron chi connectivity index (χ3n) is 5.26. The molecule has 2 aromatic heterocycles. The molecule has 2 heterocycles. The van der Waals surface area contributed by atoms with Gasteiger partial charge in [0.1, 0.15) is 12.4 Å². The molecule has 158 valence electrons. The van der Waals surface area contributed by atoms with Crippen LogP contribution in [0, 0.1) is 13.8 Å². The summed E-state index contributed by atoms with van der Waals surface area (Å²) >= 11 is 1.34. The number of aromatic nitrogens is 3. The average Bonchev–Trinajstić information content (AvgIpc) is 3.35. The van der Waals surface area contributed by atoms with Crippen molar-refractivity contribution in [2.75, 3.05) is 0 Å². The van der Waals surface area contributed by atoms with Crippen molar-refractivity contribution in [1.82, 2.24) is 14.6 Å². The molecule has 0 spiro atoms. The molecule has 0 saturated carbocycles. The molecule has 0 radical (unpaired) electrons. The van der Waals surface area contributed by atoms with Crippen LogP contribution in [-0.2, 0) is 6.61 Å². The largest absolute Gasteiger partial charge is 0.489 e. The SMILES string of the molecule is Cc1ccc(COc2ccc(/C=c3/sc4nnc(-c5ccc(C)cc5)n4c3=O)cc2)cc1. The summed E-state index contributed by atoms with van der Waals surface area (Å²) in [5.74, 6) is 1.36. The van der Waals surface area contributed by atoms with Gasteiger partial charge in [0.25, 0.3) is 5.56 Å². The number of hydrogen-bond donors (Lipinski definition) is 0. The Kier molecular flexibility index (Phi) is 5.29. The smallest absolute Gasteiger partial charge is 0.276 e. The van der Waals surface area contributed by atoms with E-state index < -0.39 is 0 Å². The molecular weight excluding hydrogens is 418 g/mol. The van der Waals surface area contributed by atoms with Gasteiger partial charge >= 0.3 is 0 Å². The fourth-order valence-electron chi connectivity index (χ4n) is 3.41. The molecule has 6 heteroatoms. The number of benzene rings is 3. The number of rotatable bonds is 5. The molecule has 0 aliphatic heterocycles. The molecule has 5 rings (SSSR count). The predicted octanol–water partition coefficient (Wildman–Crippen LogP) is 4.56. The second-order valence-electron chi connectivity index (χ2n) is 7.77. The van der Waals surface area contributed by atoms with Crippen molar-refractivity contribution < 1.29 is 4.74 Å². The van der Waals surface area contributed by atoms with Crippen LogP contribution >= 0.6 is 11.3 Å². The van der Waals surface area contributed by atoms with Crippen LogP contribution in [0.25, 0.3) is 22.4 Å². The first-order valence-corrected chi connectivity index (χ1v) is 11.1. The van der Waals surface area contributed by atoms with E-state index in [1.807, 2.05) is 61.5 Å². The van der Waals surface area contributed by atoms with Crippen molar-refractivity contribution in [3.05, 3.63) is 110 Å². The van der Waals surface area contributed by atoms with E-state index in [0.717, 1.165) is 28.0 Å². The highest BCUT2D eigenvalue weighted by molar-refractivity contribution is 7.15. The number of ether oxygens (including phenoxy) is 1. The van der Waals surface area contributed by atoms with Crippen LogP contribution in [0.4, 0.5) is 0 Å². The first-order chi connectivity index (χ1) is 15.6. The fraction of sp³-hybridized carbons (Fsp3) is 0.115. The molecule has 0 saturated heterocycles. The minimum absolute atomic E-state index is 0.106. The molecule has 3 aromatic carbocycles. The van der Waals surface area contributed by atoms with Crippen LogP contribution in [0.2, 0.25) is 0 Å². The summed E-state index contributed by atoms with van der Waals surface area (Å²) < 4.78 is 8.08. The van der Waals surface area contributed by atoms with Gasteiger partial charge in [-0.05, 0) is 43.2 Å². The van der Waals surface area contributed by atoms with Crippen LogP contribution in [0.3, 0.4) is 0 Å². The lowest BCUT2D eigenvalue weighted by molar-refractivity contribution is 0.306. The molecule has 0 aliphatic carbocycles. The number of aryl methyl sites for hydroxylation is 2. The Morgan fingerprint density at radius 2 is 1.53 bits per heavy atom. The molecule has 0 aliphatic rings. The first-order valence-electron chi connectivity index (χ1n) is 10.3. The molecule has 32 heavy (non-hydrogen) atoms. The summed E-state index contributed by atoms with van der Waals surface area (Å²) in [7, 11) is 0. The fourth-order valence-corrected chi connectivity index (χ4v) is 4.33. The summed E-state index contributed by atoms with van der Waals surface area (Å²) in [6.45, 7) is 4.61. The molecule has 0 amide bonds. The second-order valence-corrected chi connectivity index (χ2v) is 8.78. The van der Waals surface area contributed by atoms with Crippen LogP contribution in [-0.4, -0.2) is 14.6 Å². The Morgan fingerprint density at radius 1 is 0.875 bits per heavy atom. The van der Waals surface area contributed by atoms with Crippen LogP contribution in [0.1, 0.15) is 22.3 Å². The van der Waals surface area contributed by atoms with Crippen LogP contribution in [0.5, 0.6) is 5.75 Å². The topological polar surface area (TPSA) is 56.5 Å². The zero-order valence-electron chi connectivity index (χ0n) is 17.8. The normalized spacial score (nSPS) is 11.9. The van der Waals surface area contributed by atoms with Crippen LogP contribution < -0.4 is 14.8 Å². The zero-order valence-corrected chi connectivity index (χ0v) is 18.6. The zero-order chi connectivity index (χ0) is 22.1. The van der Waals surface area contributed by atoms with Gasteiger partial charge in [-0.3, -0.25) is 4.79 Å². The monoisotopic (exact) mass is 439 g/mol. The number of hydrogen-bond acceptors (Lipinski definition) is 5. The minimum atomic E-state index is -0.106. The lowest BCUT2D eigenvalue weighted by Crippen LogP contribution is -2.23. The van der Waals surface area contributed by atoms with E-state index >= 15 is 0 Å². The molecule has 5 aromatic rings. The van der Waals surface area contributed by atoms with Gasteiger partial charge in [-0.25, -0.2) is 4.40 Å². The van der Waals surface area contributed by atoms with Gasteiger partial charge in [-0.2, -0.15) is 0 Å². The summed E-state index contributed by atoms with van der Waals surface area (Å²) in [5.41, 5.74) is 5.21. The maximum absolute atomic E-state index is 13.0. The quantitative estimate of drug-likeness (QED) is 0.403. The lowest BCUT2D eigenvalue weighted by Gasteiger charge is -2.06. The van der Waals surface area contributed by atoms with Gasteiger partial charge in [0, 0.05) is 5.56 Å². The molecule has 0 atom stereocenters. The third kappa shape index (κ3) is 4.05. The molecule has 0 bridgehead atoms. The Morgan fingerprint density at radius 3 is 2.22 bits per heavy atom. The average molecular weight is 440 g/mol. The predicted molar refractivity (Wildman–Crippen MR) is 128 cm³/mol.